The Kier molecular flexibility index (Phi) is 6.55. The van der Waals surface area contributed by atoms with Gasteiger partial charge in [0.15, 0.2) is 0 Å². The number of thiophene rings is 1. The first-order chi connectivity index (χ1) is 17.4. The molecule has 0 spiro atoms. The van der Waals surface area contributed by atoms with Crippen LogP contribution in [0.1, 0.15) is 36.0 Å². The molecule has 1 aliphatic rings. The molecule has 0 unspecified atom stereocenters. The second-order valence-electron chi connectivity index (χ2n) is 8.91. The standard InChI is InChI=1S/C25H26FN7O2S/c1-33-12-14(10-29-33)17-11-28-23(27)21-18(13-36-22(17)21)24(34)30-15-6-8-16(9-7-15)31-25(35)32-20-5-3-2-4-19(20)26/h2-5,10-13,15-16H,6-9H2,1H3,(H2,27,28)(H,30,34)(H2,31,32,35)/t15-,16-. The maximum absolute atomic E-state index is 13.8. The zero-order chi connectivity index (χ0) is 25.2. The summed E-state index contributed by atoms with van der Waals surface area (Å²) in [5.74, 6) is -0.354. The van der Waals surface area contributed by atoms with Crippen LogP contribution in [-0.4, -0.2) is 38.8 Å². The number of para-hydroxylation sites is 1. The molecule has 0 saturated heterocycles. The number of pyridine rings is 1. The van der Waals surface area contributed by atoms with E-state index in [-0.39, 0.29) is 23.7 Å². The number of hydrogen-bond donors (Lipinski definition) is 4. The van der Waals surface area contributed by atoms with E-state index in [2.05, 4.69) is 26.0 Å². The molecule has 5 rings (SSSR count). The molecule has 3 amide bonds. The highest BCUT2D eigenvalue weighted by Gasteiger charge is 2.26. The number of urea groups is 1. The zero-order valence-corrected chi connectivity index (χ0v) is 20.4. The van der Waals surface area contributed by atoms with Crippen LogP contribution in [0.15, 0.2) is 48.2 Å². The van der Waals surface area contributed by atoms with Crippen molar-refractivity contribution in [3.63, 3.8) is 0 Å². The van der Waals surface area contributed by atoms with Crippen molar-refractivity contribution < 1.29 is 14.0 Å². The van der Waals surface area contributed by atoms with Crippen LogP contribution in [0.5, 0.6) is 0 Å². The first-order valence-electron chi connectivity index (χ1n) is 11.7. The van der Waals surface area contributed by atoms with E-state index in [1.165, 1.54) is 23.5 Å². The van der Waals surface area contributed by atoms with Gasteiger partial charge in [0.1, 0.15) is 11.6 Å². The topological polar surface area (TPSA) is 127 Å². The zero-order valence-electron chi connectivity index (χ0n) is 19.6. The first-order valence-corrected chi connectivity index (χ1v) is 12.5. The number of nitrogens with one attached hydrogen (secondary N) is 3. The molecule has 9 nitrogen and oxygen atoms in total. The molecule has 186 valence electrons. The summed E-state index contributed by atoms with van der Waals surface area (Å²) in [6, 6.07) is 5.53. The van der Waals surface area contributed by atoms with Crippen LogP contribution in [0.25, 0.3) is 21.2 Å². The van der Waals surface area contributed by atoms with Gasteiger partial charge in [-0.3, -0.25) is 9.48 Å². The minimum absolute atomic E-state index is 0.0178. The van der Waals surface area contributed by atoms with Gasteiger partial charge in [0, 0.05) is 58.1 Å². The summed E-state index contributed by atoms with van der Waals surface area (Å²) in [5, 5.41) is 15.2. The Morgan fingerprint density at radius 1 is 1.11 bits per heavy atom. The molecule has 1 aromatic carbocycles. The lowest BCUT2D eigenvalue weighted by Crippen LogP contribution is -2.45. The molecular formula is C25H26FN7O2S. The van der Waals surface area contributed by atoms with Crippen molar-refractivity contribution in [2.75, 3.05) is 11.1 Å². The molecule has 11 heteroatoms. The van der Waals surface area contributed by atoms with Gasteiger partial charge in [0.05, 0.1) is 17.4 Å². The predicted molar refractivity (Wildman–Crippen MR) is 138 cm³/mol. The van der Waals surface area contributed by atoms with Crippen molar-refractivity contribution >= 4 is 44.9 Å². The maximum atomic E-state index is 13.8. The summed E-state index contributed by atoms with van der Waals surface area (Å²) in [4.78, 5) is 29.7. The number of aryl methyl sites for hydroxylation is 1. The number of carbonyl (C=O) groups is 2. The third-order valence-corrected chi connectivity index (χ3v) is 7.42. The van der Waals surface area contributed by atoms with Crippen LogP contribution < -0.4 is 21.7 Å². The van der Waals surface area contributed by atoms with E-state index in [1.54, 1.807) is 29.2 Å². The Morgan fingerprint density at radius 3 is 2.53 bits per heavy atom. The van der Waals surface area contributed by atoms with Crippen molar-refractivity contribution in [3.8, 4) is 11.1 Å². The normalized spacial score (nSPS) is 17.6. The van der Waals surface area contributed by atoms with Crippen LogP contribution in [-0.2, 0) is 7.05 Å². The Balaban J connectivity index is 1.20. The molecule has 0 atom stereocenters. The molecule has 0 bridgehead atoms. The molecule has 3 aromatic heterocycles. The molecular weight excluding hydrogens is 481 g/mol. The van der Waals surface area contributed by atoms with Crippen molar-refractivity contribution in [1.29, 1.82) is 0 Å². The van der Waals surface area contributed by atoms with Gasteiger partial charge in [-0.25, -0.2) is 14.2 Å². The van der Waals surface area contributed by atoms with E-state index in [0.717, 1.165) is 15.8 Å². The SMILES string of the molecule is Cn1cc(-c2cnc(N)c3c(C(=O)N[C@H]4CC[C@H](NC(=O)Nc5ccccc5F)CC4)csc23)cn1. The minimum atomic E-state index is -0.483. The fourth-order valence-electron chi connectivity index (χ4n) is 4.55. The van der Waals surface area contributed by atoms with Gasteiger partial charge in [-0.05, 0) is 37.8 Å². The van der Waals surface area contributed by atoms with E-state index in [1.807, 2.05) is 18.6 Å². The second-order valence-corrected chi connectivity index (χ2v) is 9.79. The number of nitrogen functional groups attached to an aromatic ring is 1. The van der Waals surface area contributed by atoms with Crippen molar-refractivity contribution in [2.24, 2.45) is 7.05 Å². The van der Waals surface area contributed by atoms with Crippen LogP contribution >= 0.6 is 11.3 Å². The monoisotopic (exact) mass is 507 g/mol. The van der Waals surface area contributed by atoms with Crippen molar-refractivity contribution in [3.05, 3.63) is 59.6 Å². The number of fused-ring (bicyclic) bond motifs is 1. The average molecular weight is 508 g/mol. The number of aromatic nitrogens is 3. The van der Waals surface area contributed by atoms with Crippen molar-refractivity contribution in [2.45, 2.75) is 37.8 Å². The lowest BCUT2D eigenvalue weighted by Gasteiger charge is -2.29. The fourth-order valence-corrected chi connectivity index (χ4v) is 5.64. The van der Waals surface area contributed by atoms with E-state index >= 15 is 0 Å². The summed E-state index contributed by atoms with van der Waals surface area (Å²) in [6.45, 7) is 0. The first kappa shape index (κ1) is 23.7. The highest BCUT2D eigenvalue weighted by Crippen LogP contribution is 2.37. The van der Waals surface area contributed by atoms with Crippen LogP contribution in [0, 0.1) is 5.82 Å². The van der Waals surface area contributed by atoms with Gasteiger partial charge >= 0.3 is 6.03 Å². The van der Waals surface area contributed by atoms with E-state index in [9.17, 15) is 14.0 Å². The number of benzene rings is 1. The van der Waals surface area contributed by atoms with Gasteiger partial charge in [0.2, 0.25) is 0 Å². The van der Waals surface area contributed by atoms with Crippen molar-refractivity contribution in [1.82, 2.24) is 25.4 Å². The molecule has 0 aliphatic heterocycles. The Morgan fingerprint density at radius 2 is 1.83 bits per heavy atom. The number of nitrogens with zero attached hydrogens (tertiary/aromatic N) is 3. The van der Waals surface area contributed by atoms with Crippen LogP contribution in [0.2, 0.25) is 0 Å². The quantitative estimate of drug-likeness (QED) is 0.321. The average Bonchev–Trinajstić information content (AvgIpc) is 3.49. The van der Waals surface area contributed by atoms with Crippen LogP contribution in [0.3, 0.4) is 0 Å². The van der Waals surface area contributed by atoms with E-state index < -0.39 is 11.8 Å². The lowest BCUT2D eigenvalue weighted by molar-refractivity contribution is 0.0926. The molecule has 4 aromatic rings. The molecule has 1 aliphatic carbocycles. The van der Waals surface area contributed by atoms with Gasteiger partial charge in [-0.2, -0.15) is 5.10 Å². The molecule has 3 heterocycles. The molecule has 36 heavy (non-hydrogen) atoms. The number of carbonyl (C=O) groups excluding carboxylic acids is 2. The third-order valence-electron chi connectivity index (χ3n) is 6.40. The van der Waals surface area contributed by atoms with Crippen LogP contribution in [0.4, 0.5) is 20.7 Å². The number of nitrogens with two attached hydrogens (primary N) is 1. The highest BCUT2D eigenvalue weighted by molar-refractivity contribution is 7.18. The number of amides is 3. The summed E-state index contributed by atoms with van der Waals surface area (Å²) in [5.41, 5.74) is 8.62. The summed E-state index contributed by atoms with van der Waals surface area (Å²) < 4.78 is 16.4. The van der Waals surface area contributed by atoms with Gasteiger partial charge in [-0.1, -0.05) is 12.1 Å². The number of halogens is 1. The largest absolute Gasteiger partial charge is 0.383 e. The smallest absolute Gasteiger partial charge is 0.319 e. The van der Waals surface area contributed by atoms with Gasteiger partial charge in [-0.15, -0.1) is 11.3 Å². The third kappa shape index (κ3) is 4.87. The molecule has 1 fully saturated rings. The predicted octanol–water partition coefficient (Wildman–Crippen LogP) is 4.28. The van der Waals surface area contributed by atoms with Gasteiger partial charge in [0.25, 0.3) is 5.91 Å². The fraction of sp³-hybridized carbons (Fsp3) is 0.280. The summed E-state index contributed by atoms with van der Waals surface area (Å²) in [7, 11) is 1.85. The molecule has 0 radical (unpaired) electrons. The minimum Gasteiger partial charge on any atom is -0.383 e. The summed E-state index contributed by atoms with van der Waals surface area (Å²) in [6.07, 6.45) is 8.21. The number of hydrogen-bond acceptors (Lipinski definition) is 6. The maximum Gasteiger partial charge on any atom is 0.319 e. The second kappa shape index (κ2) is 9.94. The Labute approximate surface area is 210 Å². The van der Waals surface area contributed by atoms with E-state index in [0.29, 0.717) is 42.5 Å². The van der Waals surface area contributed by atoms with E-state index in [4.69, 9.17) is 5.73 Å². The molecule has 1 saturated carbocycles. The van der Waals surface area contributed by atoms with Gasteiger partial charge < -0.3 is 21.7 Å². The number of rotatable bonds is 5. The highest BCUT2D eigenvalue weighted by atomic mass is 32.1. The molecule has 5 N–H and O–H groups in total. The summed E-state index contributed by atoms with van der Waals surface area (Å²) >= 11 is 1.46. The Hall–Kier alpha value is -3.99. The number of anilines is 2. The Bertz CT molecular complexity index is 1430. The lowest BCUT2D eigenvalue weighted by atomic mass is 9.91.